The molecular weight excluding hydrogens is 228 g/mol. The molecule has 1 rings (SSSR count). The Bertz CT molecular complexity index is 305. The number of hydrogen-bond acceptors (Lipinski definition) is 1. The van der Waals surface area contributed by atoms with Crippen molar-refractivity contribution in [2.75, 3.05) is 0 Å². The summed E-state index contributed by atoms with van der Waals surface area (Å²) in [5.41, 5.74) is 0.795. The third-order valence-corrected chi connectivity index (χ3v) is 2.23. The number of hydrogen-bond donors (Lipinski definition) is 0. The minimum absolute atomic E-state index is 0.219. The second kappa shape index (κ2) is 4.56. The first kappa shape index (κ1) is 10.5. The Kier molecular flexibility index (Phi) is 3.67. The van der Waals surface area contributed by atoms with Gasteiger partial charge in [-0.1, -0.05) is 41.9 Å². The highest BCUT2D eigenvalue weighted by atomic mass is 79.9. The fourth-order valence-corrected chi connectivity index (χ4v) is 1.55. The van der Waals surface area contributed by atoms with E-state index in [2.05, 4.69) is 29.8 Å². The average molecular weight is 241 g/mol. The fourth-order valence-electron chi connectivity index (χ4n) is 1.15. The molecule has 0 amide bonds. The van der Waals surface area contributed by atoms with Crippen LogP contribution in [0.2, 0.25) is 0 Å². The maximum Gasteiger partial charge on any atom is 0.163 e. The molecule has 1 nitrogen and oxygen atoms in total. The van der Waals surface area contributed by atoms with Crippen LogP contribution in [0.5, 0.6) is 0 Å². The van der Waals surface area contributed by atoms with Crippen LogP contribution >= 0.6 is 15.9 Å². The number of rotatable bonds is 3. The molecule has 0 saturated carbocycles. The molecule has 0 aromatic heterocycles. The van der Waals surface area contributed by atoms with Gasteiger partial charge in [-0.2, -0.15) is 0 Å². The van der Waals surface area contributed by atoms with Gasteiger partial charge in [-0.25, -0.2) is 0 Å². The number of benzene rings is 1. The van der Waals surface area contributed by atoms with Crippen molar-refractivity contribution in [3.05, 3.63) is 34.3 Å². The van der Waals surface area contributed by atoms with E-state index in [1.807, 2.05) is 24.3 Å². The lowest BCUT2D eigenvalue weighted by molar-refractivity contribution is 0.0968. The van der Waals surface area contributed by atoms with Crippen molar-refractivity contribution in [3.63, 3.8) is 0 Å². The van der Waals surface area contributed by atoms with Gasteiger partial charge in [0.1, 0.15) is 0 Å². The van der Waals surface area contributed by atoms with Crippen molar-refractivity contribution in [1.82, 2.24) is 0 Å². The fraction of sp³-hybridized carbons (Fsp3) is 0.364. The van der Waals surface area contributed by atoms with Crippen molar-refractivity contribution in [3.8, 4) is 0 Å². The minimum atomic E-state index is 0.219. The Morgan fingerprint density at radius 2 is 2.15 bits per heavy atom. The van der Waals surface area contributed by atoms with Gasteiger partial charge >= 0.3 is 0 Å². The molecule has 0 atom stereocenters. The molecule has 0 unspecified atom stereocenters. The van der Waals surface area contributed by atoms with Crippen LogP contribution in [-0.2, 0) is 0 Å². The van der Waals surface area contributed by atoms with Gasteiger partial charge in [0.25, 0.3) is 0 Å². The van der Waals surface area contributed by atoms with Crippen molar-refractivity contribution < 1.29 is 4.79 Å². The zero-order valence-electron chi connectivity index (χ0n) is 7.88. The average Bonchev–Trinajstić information content (AvgIpc) is 2.03. The summed E-state index contributed by atoms with van der Waals surface area (Å²) in [6.45, 7) is 4.10. The van der Waals surface area contributed by atoms with Gasteiger partial charge in [-0.15, -0.1) is 0 Å². The van der Waals surface area contributed by atoms with Crippen LogP contribution in [0.1, 0.15) is 30.6 Å². The standard InChI is InChI=1S/C11H13BrO/c1-8(2)6-11(13)9-4-3-5-10(12)7-9/h3-5,7-8H,6H2,1-2H3. The Balaban J connectivity index is 2.77. The van der Waals surface area contributed by atoms with Crippen molar-refractivity contribution in [2.45, 2.75) is 20.3 Å². The molecule has 13 heavy (non-hydrogen) atoms. The molecule has 0 fully saturated rings. The first-order chi connectivity index (χ1) is 6.09. The summed E-state index contributed by atoms with van der Waals surface area (Å²) >= 11 is 3.34. The predicted molar refractivity (Wildman–Crippen MR) is 57.9 cm³/mol. The Labute approximate surface area is 87.3 Å². The van der Waals surface area contributed by atoms with Gasteiger partial charge in [0.15, 0.2) is 5.78 Å². The zero-order valence-corrected chi connectivity index (χ0v) is 9.47. The van der Waals surface area contributed by atoms with Crippen LogP contribution < -0.4 is 0 Å². The van der Waals surface area contributed by atoms with Gasteiger partial charge in [0, 0.05) is 16.5 Å². The summed E-state index contributed by atoms with van der Waals surface area (Å²) in [5.74, 6) is 0.641. The summed E-state index contributed by atoms with van der Waals surface area (Å²) < 4.78 is 0.960. The quantitative estimate of drug-likeness (QED) is 0.738. The smallest absolute Gasteiger partial charge is 0.163 e. The van der Waals surface area contributed by atoms with E-state index in [1.165, 1.54) is 0 Å². The monoisotopic (exact) mass is 240 g/mol. The largest absolute Gasteiger partial charge is 0.294 e. The molecule has 0 aliphatic heterocycles. The Hall–Kier alpha value is -0.630. The SMILES string of the molecule is CC(C)CC(=O)c1cccc(Br)c1. The molecule has 2 heteroatoms. The van der Waals surface area contributed by atoms with Gasteiger partial charge in [-0.3, -0.25) is 4.79 Å². The summed E-state index contributed by atoms with van der Waals surface area (Å²) in [7, 11) is 0. The van der Waals surface area contributed by atoms with E-state index in [-0.39, 0.29) is 5.78 Å². The topological polar surface area (TPSA) is 17.1 Å². The molecule has 70 valence electrons. The molecule has 0 aliphatic carbocycles. The second-order valence-corrected chi connectivity index (χ2v) is 4.45. The molecule has 1 aromatic carbocycles. The van der Waals surface area contributed by atoms with Crippen LogP contribution in [0.25, 0.3) is 0 Å². The summed E-state index contributed by atoms with van der Waals surface area (Å²) in [6, 6.07) is 7.53. The van der Waals surface area contributed by atoms with Crippen LogP contribution in [0.3, 0.4) is 0 Å². The number of ketones is 1. The van der Waals surface area contributed by atoms with Gasteiger partial charge < -0.3 is 0 Å². The predicted octanol–water partition coefficient (Wildman–Crippen LogP) is 3.68. The van der Waals surface area contributed by atoms with Crippen LogP contribution in [-0.4, -0.2) is 5.78 Å². The van der Waals surface area contributed by atoms with Crippen LogP contribution in [0, 0.1) is 5.92 Å². The van der Waals surface area contributed by atoms with Crippen LogP contribution in [0.4, 0.5) is 0 Å². The van der Waals surface area contributed by atoms with Crippen molar-refractivity contribution in [1.29, 1.82) is 0 Å². The number of halogens is 1. The van der Waals surface area contributed by atoms with Crippen LogP contribution in [0.15, 0.2) is 28.7 Å². The first-order valence-corrected chi connectivity index (χ1v) is 5.17. The molecule has 0 bridgehead atoms. The lowest BCUT2D eigenvalue weighted by atomic mass is 10.0. The molecule has 0 heterocycles. The van der Waals surface area contributed by atoms with E-state index in [4.69, 9.17) is 0 Å². The molecule has 0 saturated heterocycles. The summed E-state index contributed by atoms with van der Waals surface area (Å²) in [6.07, 6.45) is 0.621. The third kappa shape index (κ3) is 3.31. The number of Topliss-reactive ketones (excluding diaryl/α,β-unsaturated/α-hetero) is 1. The van der Waals surface area contributed by atoms with Gasteiger partial charge in [0.05, 0.1) is 0 Å². The normalized spacial score (nSPS) is 10.5. The van der Waals surface area contributed by atoms with E-state index >= 15 is 0 Å². The van der Waals surface area contributed by atoms with Gasteiger partial charge in [0.2, 0.25) is 0 Å². The Morgan fingerprint density at radius 3 is 2.69 bits per heavy atom. The summed E-state index contributed by atoms with van der Waals surface area (Å²) in [4.78, 5) is 11.6. The molecule has 0 spiro atoms. The minimum Gasteiger partial charge on any atom is -0.294 e. The van der Waals surface area contributed by atoms with Crippen molar-refractivity contribution in [2.24, 2.45) is 5.92 Å². The second-order valence-electron chi connectivity index (χ2n) is 3.53. The maximum atomic E-state index is 11.6. The Morgan fingerprint density at radius 1 is 1.46 bits per heavy atom. The van der Waals surface area contributed by atoms with E-state index in [9.17, 15) is 4.79 Å². The molecule has 0 N–H and O–H groups in total. The maximum absolute atomic E-state index is 11.6. The summed E-state index contributed by atoms with van der Waals surface area (Å²) in [5, 5.41) is 0. The van der Waals surface area contributed by atoms with E-state index in [0.717, 1.165) is 10.0 Å². The molecule has 1 aromatic rings. The molecular formula is C11H13BrO. The molecule has 0 radical (unpaired) electrons. The molecule has 0 aliphatic rings. The number of carbonyl (C=O) groups excluding carboxylic acids is 1. The zero-order chi connectivity index (χ0) is 9.84. The van der Waals surface area contributed by atoms with E-state index in [0.29, 0.717) is 12.3 Å². The lowest BCUT2D eigenvalue weighted by Gasteiger charge is -2.03. The lowest BCUT2D eigenvalue weighted by Crippen LogP contribution is -2.02. The highest BCUT2D eigenvalue weighted by Crippen LogP contribution is 2.14. The number of carbonyl (C=O) groups is 1. The third-order valence-electron chi connectivity index (χ3n) is 1.74. The van der Waals surface area contributed by atoms with Gasteiger partial charge in [-0.05, 0) is 18.1 Å². The van der Waals surface area contributed by atoms with E-state index in [1.54, 1.807) is 0 Å². The highest BCUT2D eigenvalue weighted by Gasteiger charge is 2.07. The van der Waals surface area contributed by atoms with Crippen molar-refractivity contribution >= 4 is 21.7 Å². The first-order valence-electron chi connectivity index (χ1n) is 4.38. The highest BCUT2D eigenvalue weighted by molar-refractivity contribution is 9.10. The van der Waals surface area contributed by atoms with E-state index < -0.39 is 0 Å².